The summed E-state index contributed by atoms with van der Waals surface area (Å²) >= 11 is 0. The molecule has 3 N–H and O–H groups in total. The van der Waals surface area contributed by atoms with Crippen molar-refractivity contribution in [3.63, 3.8) is 0 Å². The van der Waals surface area contributed by atoms with Crippen molar-refractivity contribution in [2.45, 2.75) is 65.1 Å². The van der Waals surface area contributed by atoms with Gasteiger partial charge in [0.1, 0.15) is 28.1 Å². The molecule has 5 rings (SSSR count). The molecule has 1 amide bonds. The van der Waals surface area contributed by atoms with E-state index in [4.69, 9.17) is 24.7 Å². The summed E-state index contributed by atoms with van der Waals surface area (Å²) in [6.07, 6.45) is 4.89. The molecule has 1 aliphatic heterocycles. The second kappa shape index (κ2) is 10.9. The number of ether oxygens (including phenoxy) is 2. The van der Waals surface area contributed by atoms with Crippen LogP contribution < -0.4 is 15.8 Å². The molecule has 1 fully saturated rings. The highest BCUT2D eigenvalue weighted by atomic mass is 16.6. The minimum atomic E-state index is -0.510. The van der Waals surface area contributed by atoms with Gasteiger partial charge in [-0.05, 0) is 51.2 Å². The van der Waals surface area contributed by atoms with Gasteiger partial charge in [0.15, 0.2) is 11.6 Å². The number of nitrogen functional groups attached to an aromatic ring is 1. The molecule has 4 aromatic heterocycles. The molecular formula is C26H34N10O4. The third kappa shape index (κ3) is 6.05. The lowest BCUT2D eigenvalue weighted by Gasteiger charge is -2.33. The minimum Gasteiger partial charge on any atom is -0.495 e. The molecule has 4 aromatic rings. The Kier molecular flexibility index (Phi) is 7.41. The Balaban J connectivity index is 1.32. The van der Waals surface area contributed by atoms with Gasteiger partial charge in [0.2, 0.25) is 11.8 Å². The first kappa shape index (κ1) is 27.1. The number of likely N-dealkylation sites (tertiary alicyclic amines) is 1. The largest absolute Gasteiger partial charge is 0.495 e. The Hall–Kier alpha value is -4.49. The maximum Gasteiger partial charge on any atom is 0.410 e. The Morgan fingerprint density at radius 1 is 1.20 bits per heavy atom. The van der Waals surface area contributed by atoms with Crippen molar-refractivity contribution >= 4 is 28.9 Å². The van der Waals surface area contributed by atoms with Crippen molar-refractivity contribution in [1.29, 1.82) is 0 Å². The second-order valence-corrected chi connectivity index (χ2v) is 10.7. The van der Waals surface area contributed by atoms with Crippen molar-refractivity contribution in [3.8, 4) is 5.75 Å². The van der Waals surface area contributed by atoms with Crippen molar-refractivity contribution in [1.82, 2.24) is 39.8 Å². The summed E-state index contributed by atoms with van der Waals surface area (Å²) in [5.41, 5.74) is 8.46. The van der Waals surface area contributed by atoms with Crippen LogP contribution in [0.4, 0.5) is 16.6 Å². The maximum absolute atomic E-state index is 12.4. The van der Waals surface area contributed by atoms with Crippen molar-refractivity contribution in [3.05, 3.63) is 41.4 Å². The first-order valence-electron chi connectivity index (χ1n) is 13.1. The van der Waals surface area contributed by atoms with Gasteiger partial charge in [0.05, 0.1) is 26.4 Å². The predicted octanol–water partition coefficient (Wildman–Crippen LogP) is 3.28. The Bertz CT molecular complexity index is 1500. The molecule has 0 aromatic carbocycles. The monoisotopic (exact) mass is 550 g/mol. The Morgan fingerprint density at radius 3 is 2.65 bits per heavy atom. The van der Waals surface area contributed by atoms with Crippen molar-refractivity contribution in [2.75, 3.05) is 31.2 Å². The van der Waals surface area contributed by atoms with Gasteiger partial charge in [-0.25, -0.2) is 9.78 Å². The van der Waals surface area contributed by atoms with E-state index in [1.807, 2.05) is 33.0 Å². The van der Waals surface area contributed by atoms with Crippen LogP contribution >= 0.6 is 0 Å². The number of hydrogen-bond donors (Lipinski definition) is 2. The number of pyridine rings is 1. The van der Waals surface area contributed by atoms with Crippen LogP contribution in [0.2, 0.25) is 0 Å². The van der Waals surface area contributed by atoms with Crippen molar-refractivity contribution < 1.29 is 18.8 Å². The van der Waals surface area contributed by atoms with E-state index in [1.54, 1.807) is 29.8 Å². The number of aryl methyl sites for hydroxylation is 1. The highest BCUT2D eigenvalue weighted by Crippen LogP contribution is 2.32. The van der Waals surface area contributed by atoms with Gasteiger partial charge in [-0.2, -0.15) is 15.1 Å². The quantitative estimate of drug-likeness (QED) is 0.344. The number of piperidine rings is 1. The molecule has 0 saturated carbocycles. The number of carbonyl (C=O) groups excluding carboxylic acids is 1. The molecule has 40 heavy (non-hydrogen) atoms. The number of methoxy groups -OCH3 is 1. The van der Waals surface area contributed by atoms with Crippen LogP contribution in [0.25, 0.3) is 11.0 Å². The van der Waals surface area contributed by atoms with Gasteiger partial charge < -0.3 is 29.9 Å². The van der Waals surface area contributed by atoms with E-state index >= 15 is 0 Å². The summed E-state index contributed by atoms with van der Waals surface area (Å²) in [7, 11) is 1.63. The lowest BCUT2D eigenvalue weighted by Crippen LogP contribution is -2.41. The molecule has 0 aliphatic carbocycles. The summed E-state index contributed by atoms with van der Waals surface area (Å²) in [5.74, 6) is 2.50. The number of rotatable bonds is 7. The van der Waals surface area contributed by atoms with E-state index in [-0.39, 0.29) is 24.5 Å². The van der Waals surface area contributed by atoms with Crippen LogP contribution in [0.15, 0.2) is 23.0 Å². The lowest BCUT2D eigenvalue weighted by atomic mass is 9.90. The number of carbonyl (C=O) groups is 1. The standard InChI is InChI=1S/C26H34N10O4/c1-15-31-21(34-40-15)13-29-23-22-18(32-24(27)33-23)12-30-36(22)14-19-20(38-5)10-17(11-28-19)16-6-8-35(9-7-16)25(37)39-26(2,3)4/h10-12,16H,6-9,13-14H2,1-5H3,(H3,27,29,32,33). The molecule has 0 unspecified atom stereocenters. The van der Waals surface area contributed by atoms with Gasteiger partial charge in [-0.15, -0.1) is 0 Å². The zero-order valence-electron chi connectivity index (χ0n) is 23.3. The number of hydrogen-bond acceptors (Lipinski definition) is 12. The maximum atomic E-state index is 12.4. The molecular weight excluding hydrogens is 516 g/mol. The van der Waals surface area contributed by atoms with Gasteiger partial charge in [-0.3, -0.25) is 9.67 Å². The number of nitrogens with two attached hydrogens (primary N) is 1. The first-order chi connectivity index (χ1) is 19.1. The summed E-state index contributed by atoms with van der Waals surface area (Å²) in [6, 6.07) is 2.02. The average molecular weight is 551 g/mol. The highest BCUT2D eigenvalue weighted by molar-refractivity contribution is 5.86. The fraction of sp³-hybridized carbons (Fsp3) is 0.500. The van der Waals surface area contributed by atoms with E-state index in [0.717, 1.165) is 18.4 Å². The van der Waals surface area contributed by atoms with Gasteiger partial charge in [0.25, 0.3) is 0 Å². The number of fused-ring (bicyclic) bond motifs is 1. The van der Waals surface area contributed by atoms with Gasteiger partial charge in [-0.1, -0.05) is 5.16 Å². The number of amides is 1. The third-order valence-corrected chi connectivity index (χ3v) is 6.58. The van der Waals surface area contributed by atoms with Crippen LogP contribution in [-0.4, -0.2) is 71.7 Å². The zero-order valence-corrected chi connectivity index (χ0v) is 23.3. The SMILES string of the molecule is COc1cc(C2CCN(C(=O)OC(C)(C)C)CC2)cnc1Cn1ncc2nc(N)nc(NCc3noc(C)n3)c21. The molecule has 5 heterocycles. The summed E-state index contributed by atoms with van der Waals surface area (Å²) in [4.78, 5) is 31.9. The van der Waals surface area contributed by atoms with Crippen LogP contribution in [0.5, 0.6) is 5.75 Å². The van der Waals surface area contributed by atoms with E-state index < -0.39 is 5.60 Å². The number of anilines is 2. The van der Waals surface area contributed by atoms with Crippen LogP contribution in [-0.2, 0) is 17.8 Å². The predicted molar refractivity (Wildman–Crippen MR) is 146 cm³/mol. The molecule has 0 bridgehead atoms. The minimum absolute atomic E-state index is 0.122. The van der Waals surface area contributed by atoms with E-state index in [1.165, 1.54) is 0 Å². The Labute approximate surface area is 231 Å². The first-order valence-corrected chi connectivity index (χ1v) is 13.1. The number of aromatic nitrogens is 7. The van der Waals surface area contributed by atoms with Crippen molar-refractivity contribution in [2.24, 2.45) is 0 Å². The summed E-state index contributed by atoms with van der Waals surface area (Å²) in [5, 5.41) is 11.6. The van der Waals surface area contributed by atoms with Crippen LogP contribution in [0.3, 0.4) is 0 Å². The second-order valence-electron chi connectivity index (χ2n) is 10.7. The lowest BCUT2D eigenvalue weighted by molar-refractivity contribution is 0.0204. The number of nitrogens with one attached hydrogen (secondary N) is 1. The molecule has 14 heteroatoms. The average Bonchev–Trinajstić information content (AvgIpc) is 3.52. The number of nitrogens with zero attached hydrogens (tertiary/aromatic N) is 8. The van der Waals surface area contributed by atoms with Gasteiger partial charge >= 0.3 is 6.09 Å². The summed E-state index contributed by atoms with van der Waals surface area (Å²) < 4.78 is 18.0. The molecule has 212 valence electrons. The molecule has 0 atom stereocenters. The van der Waals surface area contributed by atoms with E-state index in [2.05, 4.69) is 30.5 Å². The fourth-order valence-electron chi connectivity index (χ4n) is 4.71. The van der Waals surface area contributed by atoms with Crippen LogP contribution in [0.1, 0.15) is 62.5 Å². The molecule has 1 saturated heterocycles. The van der Waals surface area contributed by atoms with E-state index in [9.17, 15) is 4.79 Å². The van der Waals surface area contributed by atoms with E-state index in [0.29, 0.717) is 59.6 Å². The molecule has 14 nitrogen and oxygen atoms in total. The summed E-state index contributed by atoms with van der Waals surface area (Å²) in [6.45, 7) is 9.23. The zero-order chi connectivity index (χ0) is 28.4. The highest BCUT2D eigenvalue weighted by Gasteiger charge is 2.28. The van der Waals surface area contributed by atoms with Gasteiger partial charge in [0, 0.05) is 26.2 Å². The smallest absolute Gasteiger partial charge is 0.410 e. The molecule has 1 aliphatic rings. The topological polar surface area (TPSA) is 172 Å². The third-order valence-electron chi connectivity index (χ3n) is 6.58. The van der Waals surface area contributed by atoms with Crippen LogP contribution in [0, 0.1) is 6.92 Å². The normalized spacial score (nSPS) is 14.5. The fourth-order valence-corrected chi connectivity index (χ4v) is 4.71. The molecule has 0 spiro atoms. The Morgan fingerprint density at radius 2 is 1.98 bits per heavy atom. The molecule has 0 radical (unpaired) electrons.